The average molecular weight is 422 g/mol. The van der Waals surface area contributed by atoms with Gasteiger partial charge in [0.25, 0.3) is 10.1 Å². The van der Waals surface area contributed by atoms with Gasteiger partial charge in [-0.2, -0.15) is 13.5 Å². The molecule has 0 unspecified atom stereocenters. The third-order valence-corrected chi connectivity index (χ3v) is 4.61. The van der Waals surface area contributed by atoms with Crippen LogP contribution in [0.2, 0.25) is 0 Å². The number of hydrogen-bond acceptors (Lipinski definition) is 8. The number of nitrogen functional groups attached to an aromatic ring is 1. The van der Waals surface area contributed by atoms with Crippen molar-refractivity contribution < 1.29 is 52.7 Å². The molecule has 0 bridgehead atoms. The first-order valence-electron chi connectivity index (χ1n) is 7.92. The van der Waals surface area contributed by atoms with Crippen LogP contribution in [0.1, 0.15) is 6.92 Å². The zero-order valence-corrected chi connectivity index (χ0v) is 18.4. The first-order valence-corrected chi connectivity index (χ1v) is 9.36. The van der Waals surface area contributed by atoms with Crippen LogP contribution in [0.25, 0.3) is 10.8 Å². The summed E-state index contributed by atoms with van der Waals surface area (Å²) in [7, 11) is -4.49. The Labute approximate surface area is 188 Å². The largest absolute Gasteiger partial charge is 1.00 e. The first-order chi connectivity index (χ1) is 13.1. The van der Waals surface area contributed by atoms with Gasteiger partial charge in [0.2, 0.25) is 0 Å². The van der Waals surface area contributed by atoms with Crippen molar-refractivity contribution in [1.82, 2.24) is 0 Å². The Hall–Kier alpha value is -2.50. The fourth-order valence-electron chi connectivity index (χ4n) is 2.55. The van der Waals surface area contributed by atoms with Crippen molar-refractivity contribution in [1.29, 1.82) is 0 Å². The predicted octanol–water partition coefficient (Wildman–Crippen LogP) is 0.204. The number of hydrogen-bond donors (Lipinski definition) is 3. The Bertz CT molecular complexity index is 1220. The summed E-state index contributed by atoms with van der Waals surface area (Å²) in [6.07, 6.45) is 0. The van der Waals surface area contributed by atoms with Gasteiger partial charge in [-0.15, -0.1) is 5.11 Å². The Kier molecular flexibility index (Phi) is 6.98. The van der Waals surface area contributed by atoms with Crippen molar-refractivity contribution in [3.63, 3.8) is 0 Å². The monoisotopic (exact) mass is 422 g/mol. The number of nitrogens with zero attached hydrogens (tertiary/aromatic N) is 3. The zero-order chi connectivity index (χ0) is 20.5. The van der Waals surface area contributed by atoms with Crippen molar-refractivity contribution in [3.8, 4) is 5.75 Å². The molecule has 0 atom stereocenters. The van der Waals surface area contributed by atoms with Gasteiger partial charge in [-0.25, -0.2) is 0 Å². The summed E-state index contributed by atoms with van der Waals surface area (Å²) in [6, 6.07) is 11.5. The smallest absolute Gasteiger partial charge is 0.862 e. The number of phenols is 1. The predicted molar refractivity (Wildman–Crippen MR) is 103 cm³/mol. The third kappa shape index (κ3) is 5.31. The van der Waals surface area contributed by atoms with E-state index < -0.39 is 20.8 Å². The molecule has 0 aliphatic heterocycles. The summed E-state index contributed by atoms with van der Waals surface area (Å²) < 4.78 is 31.9. The molecule has 3 rings (SSSR count). The Morgan fingerprint density at radius 2 is 1.66 bits per heavy atom. The molecule has 0 spiro atoms. The number of phenolic OH excluding ortho intramolecular Hbond substituents is 1. The molecule has 0 amide bonds. The van der Waals surface area contributed by atoms with E-state index in [2.05, 4.69) is 15.2 Å². The molecule has 0 aliphatic rings. The number of fused-ring (bicyclic) bond motifs is 1. The van der Waals surface area contributed by atoms with Crippen molar-refractivity contribution in [2.45, 2.75) is 11.8 Å². The number of aromatic hydroxyl groups is 1. The molecule has 0 heterocycles. The summed E-state index contributed by atoms with van der Waals surface area (Å²) in [5, 5.41) is 29.9. The van der Waals surface area contributed by atoms with E-state index in [1.54, 1.807) is 24.3 Å². The number of rotatable bonds is 4. The Morgan fingerprint density at radius 1 is 1.03 bits per heavy atom. The first kappa shape index (κ1) is 22.8. The minimum atomic E-state index is -4.49. The molecule has 9 nitrogen and oxygen atoms in total. The van der Waals surface area contributed by atoms with Crippen molar-refractivity contribution >= 4 is 49.5 Å². The topological polar surface area (TPSA) is 161 Å². The van der Waals surface area contributed by atoms with Gasteiger partial charge < -0.3 is 15.9 Å². The van der Waals surface area contributed by atoms with Crippen LogP contribution >= 0.6 is 0 Å². The number of anilines is 1. The summed E-state index contributed by atoms with van der Waals surface area (Å²) >= 11 is 0. The van der Waals surface area contributed by atoms with Gasteiger partial charge in [-0.3, -0.25) is 9.55 Å². The number of nitrogens with two attached hydrogens (primary N) is 1. The van der Waals surface area contributed by atoms with Crippen LogP contribution < -0.4 is 40.4 Å². The summed E-state index contributed by atoms with van der Waals surface area (Å²) in [6.45, 7) is 1.34. The molecule has 0 aliphatic carbocycles. The Balaban J connectivity index is 0.00000300. The molecule has 0 saturated carbocycles. The molecular formula is C18H15N4NaO5S. The van der Waals surface area contributed by atoms with Gasteiger partial charge in [0, 0.05) is 6.07 Å². The van der Waals surface area contributed by atoms with Crippen LogP contribution in [0.15, 0.2) is 68.6 Å². The summed E-state index contributed by atoms with van der Waals surface area (Å²) in [5.74, 6) is -0.736. The quantitative estimate of drug-likeness (QED) is 0.136. The standard InChI is InChI=1S/C18H16N4O5S.Na/c1-10(23)20-12-3-5-13(6-4-12)21-22-18-15(19)7-2-11-8-14(28(25,26)27)9-16(24)17(11)18;/h2-9,24H,19H2,1H3,(H,20,23)(H,25,26,27);/q;+1/p-1. The van der Waals surface area contributed by atoms with Gasteiger partial charge in [-0.05, 0) is 54.6 Å². The fourth-order valence-corrected chi connectivity index (χ4v) is 3.09. The van der Waals surface area contributed by atoms with Gasteiger partial charge >= 0.3 is 29.6 Å². The average Bonchev–Trinajstić information content (AvgIpc) is 2.61. The minimum Gasteiger partial charge on any atom is -0.862 e. The van der Waals surface area contributed by atoms with Crippen LogP contribution in [0.5, 0.6) is 5.75 Å². The van der Waals surface area contributed by atoms with Crippen molar-refractivity contribution in [2.24, 2.45) is 15.2 Å². The van der Waals surface area contributed by atoms with Gasteiger partial charge in [0.15, 0.2) is 0 Å². The SMILES string of the molecule is CC([O-])=Nc1ccc(N=Nc2c(N)ccc3cc(S(=O)(=O)O)cc(O)c23)cc1.[Na+]. The van der Waals surface area contributed by atoms with E-state index in [4.69, 9.17) is 5.73 Å². The van der Waals surface area contributed by atoms with E-state index in [0.717, 1.165) is 6.07 Å². The van der Waals surface area contributed by atoms with Gasteiger partial charge in [0.05, 0.1) is 27.3 Å². The molecule has 11 heteroatoms. The molecule has 4 N–H and O–H groups in total. The second-order valence-electron chi connectivity index (χ2n) is 5.87. The van der Waals surface area contributed by atoms with Crippen molar-refractivity contribution in [3.05, 3.63) is 48.5 Å². The molecule has 3 aromatic rings. The second-order valence-corrected chi connectivity index (χ2v) is 7.29. The van der Waals surface area contributed by atoms with Crippen LogP contribution in [0.4, 0.5) is 22.7 Å². The van der Waals surface area contributed by atoms with E-state index in [9.17, 15) is 23.2 Å². The van der Waals surface area contributed by atoms with Crippen molar-refractivity contribution in [2.75, 3.05) is 5.73 Å². The Morgan fingerprint density at radius 3 is 2.24 bits per heavy atom. The number of azo groups is 1. The van der Waals surface area contributed by atoms with Crippen LogP contribution in [0.3, 0.4) is 0 Å². The molecule has 144 valence electrons. The molecule has 29 heavy (non-hydrogen) atoms. The molecule has 0 saturated heterocycles. The van der Waals surface area contributed by atoms with E-state index in [1.165, 1.54) is 25.1 Å². The third-order valence-electron chi connectivity index (χ3n) is 3.77. The molecule has 0 fully saturated rings. The summed E-state index contributed by atoms with van der Waals surface area (Å²) in [4.78, 5) is 3.33. The maximum absolute atomic E-state index is 11.3. The second kappa shape index (κ2) is 8.89. The van der Waals surface area contributed by atoms with Crippen LogP contribution in [-0.2, 0) is 10.1 Å². The zero-order valence-electron chi connectivity index (χ0n) is 15.6. The van der Waals surface area contributed by atoms with Gasteiger partial charge in [-0.1, -0.05) is 6.07 Å². The van der Waals surface area contributed by atoms with E-state index in [0.29, 0.717) is 16.8 Å². The summed E-state index contributed by atoms with van der Waals surface area (Å²) in [5.41, 5.74) is 7.23. The molecule has 3 aromatic carbocycles. The maximum Gasteiger partial charge on any atom is 1.00 e. The normalized spacial score (nSPS) is 12.3. The fraction of sp³-hybridized carbons (Fsp3) is 0.0556. The molecule has 0 radical (unpaired) electrons. The molecular weight excluding hydrogens is 407 g/mol. The van der Waals surface area contributed by atoms with E-state index in [-0.39, 0.29) is 52.2 Å². The van der Waals surface area contributed by atoms with Crippen LogP contribution in [-0.4, -0.2) is 24.0 Å². The number of benzene rings is 3. The number of aliphatic imine (C=N–C) groups is 1. The van der Waals surface area contributed by atoms with Crippen LogP contribution in [0, 0.1) is 0 Å². The van der Waals surface area contributed by atoms with E-state index in [1.807, 2.05) is 0 Å². The van der Waals surface area contributed by atoms with E-state index >= 15 is 0 Å². The molecule has 0 aromatic heterocycles. The minimum absolute atomic E-state index is 0. The van der Waals surface area contributed by atoms with Gasteiger partial charge in [0.1, 0.15) is 11.4 Å². The maximum atomic E-state index is 11.3.